The summed E-state index contributed by atoms with van der Waals surface area (Å²) in [6, 6.07) is 2.05. The maximum Gasteiger partial charge on any atom is 0.225 e. The van der Waals surface area contributed by atoms with Crippen LogP contribution in [0.25, 0.3) is 0 Å². The lowest BCUT2D eigenvalue weighted by Gasteiger charge is -2.42. The van der Waals surface area contributed by atoms with Crippen molar-refractivity contribution < 1.29 is 14.3 Å². The highest BCUT2D eigenvalue weighted by molar-refractivity contribution is 5.76. The Bertz CT molecular complexity index is 532. The summed E-state index contributed by atoms with van der Waals surface area (Å²) in [5, 5.41) is 0. The van der Waals surface area contributed by atoms with Gasteiger partial charge in [0.05, 0.1) is 19.6 Å². The standard InChI is InChI=1S/C17H27N3O3/c1-14-10-18-6-5-15(14)11-20-7-8-23-17(12-20,13-22-4)9-16(21)19(2)3/h5-6,10H,7-9,11-13H2,1-4H3. The van der Waals surface area contributed by atoms with Crippen LogP contribution in [-0.4, -0.2) is 73.8 Å². The average molecular weight is 321 g/mol. The molecule has 23 heavy (non-hydrogen) atoms. The Hall–Kier alpha value is -1.50. The number of methoxy groups -OCH3 is 1. The predicted molar refractivity (Wildman–Crippen MR) is 88.1 cm³/mol. The summed E-state index contributed by atoms with van der Waals surface area (Å²) in [6.45, 7) is 5.46. The van der Waals surface area contributed by atoms with Crippen LogP contribution < -0.4 is 0 Å². The van der Waals surface area contributed by atoms with Crippen LogP contribution in [0.5, 0.6) is 0 Å². The summed E-state index contributed by atoms with van der Waals surface area (Å²) >= 11 is 0. The molecule has 2 rings (SSSR count). The number of aryl methyl sites for hydroxylation is 1. The van der Waals surface area contributed by atoms with Gasteiger partial charge in [0.2, 0.25) is 5.91 Å². The molecule has 1 aliphatic heterocycles. The molecule has 0 radical (unpaired) electrons. The number of rotatable bonds is 6. The van der Waals surface area contributed by atoms with Crippen LogP contribution in [0.2, 0.25) is 0 Å². The van der Waals surface area contributed by atoms with Gasteiger partial charge in [0.1, 0.15) is 5.60 Å². The van der Waals surface area contributed by atoms with Crippen LogP contribution in [0.15, 0.2) is 18.5 Å². The van der Waals surface area contributed by atoms with Gasteiger partial charge >= 0.3 is 0 Å². The summed E-state index contributed by atoms with van der Waals surface area (Å²) in [6.07, 6.45) is 4.04. The topological polar surface area (TPSA) is 54.9 Å². The zero-order chi connectivity index (χ0) is 16.9. The van der Waals surface area contributed by atoms with Crippen LogP contribution >= 0.6 is 0 Å². The molecule has 128 valence electrons. The van der Waals surface area contributed by atoms with E-state index >= 15 is 0 Å². The summed E-state index contributed by atoms with van der Waals surface area (Å²) in [5.74, 6) is 0.0593. The van der Waals surface area contributed by atoms with E-state index in [1.54, 1.807) is 26.1 Å². The van der Waals surface area contributed by atoms with Gasteiger partial charge in [0.25, 0.3) is 0 Å². The number of hydrogen-bond acceptors (Lipinski definition) is 5. The van der Waals surface area contributed by atoms with Gasteiger partial charge in [0, 0.05) is 53.2 Å². The summed E-state index contributed by atoms with van der Waals surface area (Å²) in [5.41, 5.74) is 1.86. The molecule has 1 atom stereocenters. The van der Waals surface area contributed by atoms with Crippen molar-refractivity contribution in [3.8, 4) is 0 Å². The van der Waals surface area contributed by atoms with E-state index in [0.29, 0.717) is 26.2 Å². The van der Waals surface area contributed by atoms with Crippen molar-refractivity contribution >= 4 is 5.91 Å². The van der Waals surface area contributed by atoms with Gasteiger partial charge in [-0.25, -0.2) is 0 Å². The number of carbonyl (C=O) groups excluding carboxylic acids is 1. The Balaban J connectivity index is 2.09. The minimum atomic E-state index is -0.574. The monoisotopic (exact) mass is 321 g/mol. The summed E-state index contributed by atoms with van der Waals surface area (Å²) < 4.78 is 11.4. The molecule has 1 aromatic rings. The van der Waals surface area contributed by atoms with E-state index < -0.39 is 5.60 Å². The number of morpholine rings is 1. The maximum absolute atomic E-state index is 12.2. The van der Waals surface area contributed by atoms with Gasteiger partial charge in [-0.2, -0.15) is 0 Å². The van der Waals surface area contributed by atoms with Crippen LogP contribution in [0.3, 0.4) is 0 Å². The smallest absolute Gasteiger partial charge is 0.225 e. The highest BCUT2D eigenvalue weighted by Crippen LogP contribution is 2.25. The van der Waals surface area contributed by atoms with E-state index in [4.69, 9.17) is 9.47 Å². The second-order valence-electron chi connectivity index (χ2n) is 6.44. The molecule has 1 aromatic heterocycles. The molecule has 0 aromatic carbocycles. The molecule has 6 nitrogen and oxygen atoms in total. The Labute approximate surface area is 138 Å². The second kappa shape index (κ2) is 7.86. The number of amides is 1. The third kappa shape index (κ3) is 4.73. The first-order chi connectivity index (χ1) is 11.0. The minimum Gasteiger partial charge on any atom is -0.382 e. The number of pyridine rings is 1. The molecule has 1 saturated heterocycles. The zero-order valence-corrected chi connectivity index (χ0v) is 14.5. The second-order valence-corrected chi connectivity index (χ2v) is 6.44. The van der Waals surface area contributed by atoms with E-state index in [0.717, 1.165) is 13.1 Å². The van der Waals surface area contributed by atoms with Crippen LogP contribution in [0.1, 0.15) is 17.5 Å². The first-order valence-electron chi connectivity index (χ1n) is 7.91. The Kier molecular flexibility index (Phi) is 6.10. The van der Waals surface area contributed by atoms with Crippen molar-refractivity contribution in [2.24, 2.45) is 0 Å². The lowest BCUT2D eigenvalue weighted by Crippen LogP contribution is -2.55. The predicted octanol–water partition coefficient (Wildman–Crippen LogP) is 1.09. The molecule has 6 heteroatoms. The Morgan fingerprint density at radius 1 is 1.52 bits per heavy atom. The number of aromatic nitrogens is 1. The van der Waals surface area contributed by atoms with Gasteiger partial charge in [0.15, 0.2) is 0 Å². The molecule has 1 unspecified atom stereocenters. The van der Waals surface area contributed by atoms with Crippen molar-refractivity contribution in [2.75, 3.05) is 47.5 Å². The van der Waals surface area contributed by atoms with Crippen LogP contribution in [0.4, 0.5) is 0 Å². The fourth-order valence-corrected chi connectivity index (χ4v) is 2.92. The molecule has 0 bridgehead atoms. The van der Waals surface area contributed by atoms with Crippen molar-refractivity contribution in [3.63, 3.8) is 0 Å². The average Bonchev–Trinajstić information content (AvgIpc) is 2.50. The molecule has 2 heterocycles. The van der Waals surface area contributed by atoms with Gasteiger partial charge in [-0.1, -0.05) is 0 Å². The van der Waals surface area contributed by atoms with Crippen molar-refractivity contribution in [2.45, 2.75) is 25.5 Å². The van der Waals surface area contributed by atoms with Gasteiger partial charge in [-0.05, 0) is 24.1 Å². The molecule has 0 N–H and O–H groups in total. The Morgan fingerprint density at radius 2 is 2.30 bits per heavy atom. The first kappa shape index (κ1) is 17.8. The molecule has 0 aliphatic carbocycles. The normalized spacial score (nSPS) is 22.1. The molecular formula is C17H27N3O3. The summed E-state index contributed by atoms with van der Waals surface area (Å²) in [7, 11) is 5.19. The van der Waals surface area contributed by atoms with Gasteiger partial charge in [-0.15, -0.1) is 0 Å². The van der Waals surface area contributed by atoms with Crippen molar-refractivity contribution in [1.82, 2.24) is 14.8 Å². The van der Waals surface area contributed by atoms with Crippen molar-refractivity contribution in [3.05, 3.63) is 29.6 Å². The van der Waals surface area contributed by atoms with Crippen LogP contribution in [-0.2, 0) is 20.8 Å². The van der Waals surface area contributed by atoms with E-state index in [1.807, 2.05) is 18.5 Å². The number of carbonyl (C=O) groups is 1. The van der Waals surface area contributed by atoms with E-state index in [-0.39, 0.29) is 5.91 Å². The maximum atomic E-state index is 12.2. The third-order valence-electron chi connectivity index (χ3n) is 4.24. The Morgan fingerprint density at radius 3 is 2.96 bits per heavy atom. The fourth-order valence-electron chi connectivity index (χ4n) is 2.92. The fraction of sp³-hybridized carbons (Fsp3) is 0.647. The molecule has 1 aliphatic rings. The highest BCUT2D eigenvalue weighted by atomic mass is 16.5. The number of nitrogens with zero attached hydrogens (tertiary/aromatic N) is 3. The first-order valence-corrected chi connectivity index (χ1v) is 7.91. The SMILES string of the molecule is COCC1(CC(=O)N(C)C)CN(Cc2ccncc2C)CCO1. The molecule has 0 saturated carbocycles. The van der Waals surface area contributed by atoms with E-state index in [1.165, 1.54) is 11.1 Å². The molecule has 0 spiro atoms. The molecule has 1 amide bonds. The van der Waals surface area contributed by atoms with Gasteiger partial charge < -0.3 is 14.4 Å². The number of ether oxygens (including phenoxy) is 2. The highest BCUT2D eigenvalue weighted by Gasteiger charge is 2.39. The minimum absolute atomic E-state index is 0.0593. The van der Waals surface area contributed by atoms with Crippen molar-refractivity contribution in [1.29, 1.82) is 0 Å². The third-order valence-corrected chi connectivity index (χ3v) is 4.24. The van der Waals surface area contributed by atoms with E-state index in [9.17, 15) is 4.79 Å². The van der Waals surface area contributed by atoms with Gasteiger partial charge in [-0.3, -0.25) is 14.7 Å². The molecule has 1 fully saturated rings. The lowest BCUT2D eigenvalue weighted by atomic mass is 9.96. The largest absolute Gasteiger partial charge is 0.382 e. The van der Waals surface area contributed by atoms with E-state index in [2.05, 4.69) is 16.8 Å². The zero-order valence-electron chi connectivity index (χ0n) is 14.5. The quantitative estimate of drug-likeness (QED) is 0.785. The molecular weight excluding hydrogens is 294 g/mol. The summed E-state index contributed by atoms with van der Waals surface area (Å²) in [4.78, 5) is 20.2. The number of hydrogen-bond donors (Lipinski definition) is 0. The van der Waals surface area contributed by atoms with Crippen LogP contribution in [0, 0.1) is 6.92 Å². The lowest BCUT2D eigenvalue weighted by molar-refractivity contribution is -0.160.